The number of rotatable bonds is 4. The molecule has 1 aliphatic rings. The first-order valence-electron chi connectivity index (χ1n) is 8.85. The number of carbonyl (C=O) groups excluding carboxylic acids is 1. The average Bonchev–Trinajstić information content (AvgIpc) is 3.10. The van der Waals surface area contributed by atoms with Crippen LogP contribution in [0.3, 0.4) is 0 Å². The van der Waals surface area contributed by atoms with Crippen molar-refractivity contribution in [3.05, 3.63) is 94.3 Å². The summed E-state index contributed by atoms with van der Waals surface area (Å²) < 4.78 is 0.678. The summed E-state index contributed by atoms with van der Waals surface area (Å²) in [4.78, 5) is 18.6. The summed E-state index contributed by atoms with van der Waals surface area (Å²) in [7, 11) is 0. The second-order valence-corrected chi connectivity index (χ2v) is 7.04. The largest absolute Gasteiger partial charge is 0.349 e. The molecule has 1 aliphatic carbocycles. The van der Waals surface area contributed by atoms with Crippen LogP contribution < -0.4 is 4.90 Å². The fourth-order valence-corrected chi connectivity index (χ4v) is 3.78. The molecular formula is C22H20N2OS. The number of hydrogen-bond acceptors (Lipinski definition) is 2. The summed E-state index contributed by atoms with van der Waals surface area (Å²) in [5.74, 6) is -0.0486. The van der Waals surface area contributed by atoms with E-state index in [9.17, 15) is 4.79 Å². The van der Waals surface area contributed by atoms with E-state index in [0.29, 0.717) is 11.2 Å². The third-order valence-corrected chi connectivity index (χ3v) is 5.14. The number of aromatic nitrogens is 1. The third kappa shape index (κ3) is 3.33. The molecule has 4 heteroatoms. The summed E-state index contributed by atoms with van der Waals surface area (Å²) >= 11 is 5.28. The summed E-state index contributed by atoms with van der Waals surface area (Å²) in [5.41, 5.74) is 4.22. The van der Waals surface area contributed by atoms with Crippen molar-refractivity contribution in [2.45, 2.75) is 25.3 Å². The number of hydrogen-bond donors (Lipinski definition) is 1. The number of anilines is 1. The van der Waals surface area contributed by atoms with Crippen LogP contribution in [-0.2, 0) is 17.8 Å². The van der Waals surface area contributed by atoms with E-state index in [-0.39, 0.29) is 11.8 Å². The smallest absolute Gasteiger partial charge is 0.236 e. The van der Waals surface area contributed by atoms with Crippen molar-refractivity contribution in [2.75, 3.05) is 4.90 Å². The number of fused-ring (bicyclic) bond motifs is 1. The number of aromatic amines is 1. The van der Waals surface area contributed by atoms with Crippen LogP contribution in [-0.4, -0.2) is 10.9 Å². The van der Waals surface area contributed by atoms with Gasteiger partial charge in [0.25, 0.3) is 0 Å². The number of aryl methyl sites for hydroxylation is 1. The standard InChI is InChI=1S/C22H20N2OS/c25-22(19-13-11-17-12-14-20(26)23-21(17)19)24(18-9-5-2-6-10-18)15-16-7-3-1-4-8-16/h1-10,12,14,19H,11,13,15H2,(H,23,26). The van der Waals surface area contributed by atoms with Crippen molar-refractivity contribution in [1.82, 2.24) is 4.98 Å². The maximum Gasteiger partial charge on any atom is 0.236 e. The maximum atomic E-state index is 13.5. The number of carbonyl (C=O) groups is 1. The summed E-state index contributed by atoms with van der Waals surface area (Å²) in [5, 5.41) is 0. The second kappa shape index (κ2) is 7.26. The Morgan fingerprint density at radius 1 is 1.00 bits per heavy atom. The van der Waals surface area contributed by atoms with Crippen molar-refractivity contribution in [3.8, 4) is 0 Å². The first-order chi connectivity index (χ1) is 12.7. The molecule has 3 nitrogen and oxygen atoms in total. The molecule has 0 saturated carbocycles. The van der Waals surface area contributed by atoms with Crippen LogP contribution in [0.1, 0.15) is 29.2 Å². The van der Waals surface area contributed by atoms with E-state index in [1.807, 2.05) is 65.6 Å². The van der Waals surface area contributed by atoms with Crippen molar-refractivity contribution < 1.29 is 4.79 Å². The van der Waals surface area contributed by atoms with Gasteiger partial charge in [-0.25, -0.2) is 0 Å². The molecule has 0 fully saturated rings. The van der Waals surface area contributed by atoms with Gasteiger partial charge in [-0.1, -0.05) is 66.8 Å². The monoisotopic (exact) mass is 360 g/mol. The number of nitrogens with zero attached hydrogens (tertiary/aromatic N) is 1. The lowest BCUT2D eigenvalue weighted by Crippen LogP contribution is -2.34. The molecule has 1 aromatic heterocycles. The van der Waals surface area contributed by atoms with E-state index in [4.69, 9.17) is 12.2 Å². The predicted molar refractivity (Wildman–Crippen MR) is 107 cm³/mol. The SMILES string of the molecule is O=C(C1CCc2ccc(=S)[nH]c21)N(Cc1ccccc1)c1ccccc1. The molecule has 3 aromatic rings. The Balaban J connectivity index is 1.70. The molecule has 2 aromatic carbocycles. The van der Waals surface area contributed by atoms with Crippen molar-refractivity contribution in [3.63, 3.8) is 0 Å². The van der Waals surface area contributed by atoms with Gasteiger partial charge in [0.1, 0.15) is 4.64 Å². The van der Waals surface area contributed by atoms with Crippen molar-refractivity contribution in [2.24, 2.45) is 0 Å². The minimum atomic E-state index is -0.170. The van der Waals surface area contributed by atoms with E-state index >= 15 is 0 Å². The van der Waals surface area contributed by atoms with E-state index < -0.39 is 0 Å². The van der Waals surface area contributed by atoms with Gasteiger partial charge in [0.2, 0.25) is 5.91 Å². The van der Waals surface area contributed by atoms with Gasteiger partial charge in [-0.05, 0) is 42.2 Å². The molecule has 130 valence electrons. The van der Waals surface area contributed by atoms with Crippen LogP contribution in [0.2, 0.25) is 0 Å². The zero-order chi connectivity index (χ0) is 17.9. The number of amides is 1. The van der Waals surface area contributed by atoms with Gasteiger partial charge < -0.3 is 9.88 Å². The molecule has 4 rings (SSSR count). The van der Waals surface area contributed by atoms with E-state index in [0.717, 1.165) is 29.8 Å². The fraction of sp³-hybridized carbons (Fsp3) is 0.182. The molecule has 1 heterocycles. The van der Waals surface area contributed by atoms with Crippen LogP contribution in [0.15, 0.2) is 72.8 Å². The van der Waals surface area contributed by atoms with Crippen molar-refractivity contribution in [1.29, 1.82) is 0 Å². The lowest BCUT2D eigenvalue weighted by Gasteiger charge is -2.26. The first-order valence-corrected chi connectivity index (χ1v) is 9.25. The van der Waals surface area contributed by atoms with Crippen LogP contribution in [0, 0.1) is 4.64 Å². The number of benzene rings is 2. The minimum absolute atomic E-state index is 0.121. The highest BCUT2D eigenvalue weighted by Gasteiger charge is 2.33. The number of para-hydroxylation sites is 1. The molecule has 1 N–H and O–H groups in total. The Labute approximate surface area is 158 Å². The summed E-state index contributed by atoms with van der Waals surface area (Å²) in [6.07, 6.45) is 1.73. The second-order valence-electron chi connectivity index (χ2n) is 6.60. The van der Waals surface area contributed by atoms with Crippen molar-refractivity contribution >= 4 is 23.8 Å². The van der Waals surface area contributed by atoms with Gasteiger partial charge in [0.05, 0.1) is 12.5 Å². The van der Waals surface area contributed by atoms with E-state index in [1.165, 1.54) is 5.56 Å². The minimum Gasteiger partial charge on any atom is -0.349 e. The lowest BCUT2D eigenvalue weighted by molar-refractivity contribution is -0.120. The van der Waals surface area contributed by atoms with E-state index in [1.54, 1.807) is 0 Å². The Morgan fingerprint density at radius 3 is 2.42 bits per heavy atom. The highest BCUT2D eigenvalue weighted by Crippen LogP contribution is 2.34. The van der Waals surface area contributed by atoms with Gasteiger partial charge in [0, 0.05) is 11.4 Å². The van der Waals surface area contributed by atoms with Crippen LogP contribution in [0.5, 0.6) is 0 Å². The zero-order valence-corrected chi connectivity index (χ0v) is 15.2. The number of nitrogens with one attached hydrogen (secondary N) is 1. The van der Waals surface area contributed by atoms with Gasteiger partial charge >= 0.3 is 0 Å². The maximum absolute atomic E-state index is 13.5. The highest BCUT2D eigenvalue weighted by atomic mass is 32.1. The molecule has 0 bridgehead atoms. The van der Waals surface area contributed by atoms with Gasteiger partial charge in [-0.15, -0.1) is 0 Å². The van der Waals surface area contributed by atoms with E-state index in [2.05, 4.69) is 17.1 Å². The Kier molecular flexibility index (Phi) is 4.67. The molecule has 1 unspecified atom stereocenters. The lowest BCUT2D eigenvalue weighted by atomic mass is 10.0. The topological polar surface area (TPSA) is 36.1 Å². The number of H-pyrrole nitrogens is 1. The Morgan fingerprint density at radius 2 is 1.69 bits per heavy atom. The zero-order valence-electron chi connectivity index (χ0n) is 14.4. The fourth-order valence-electron chi connectivity index (χ4n) is 3.60. The van der Waals surface area contributed by atoms with Crippen LogP contribution in [0.4, 0.5) is 5.69 Å². The quantitative estimate of drug-likeness (QED) is 0.664. The molecule has 1 amide bonds. The first kappa shape index (κ1) is 16.7. The van der Waals surface area contributed by atoms with Gasteiger partial charge in [0.15, 0.2) is 0 Å². The molecule has 0 radical (unpaired) electrons. The average molecular weight is 360 g/mol. The summed E-state index contributed by atoms with van der Waals surface area (Å²) in [6, 6.07) is 23.9. The highest BCUT2D eigenvalue weighted by molar-refractivity contribution is 7.71. The third-order valence-electron chi connectivity index (χ3n) is 4.91. The Hall–Kier alpha value is -2.72. The molecule has 26 heavy (non-hydrogen) atoms. The molecule has 0 saturated heterocycles. The normalized spacial score (nSPS) is 15.5. The number of pyridine rings is 1. The molecular weight excluding hydrogens is 340 g/mol. The van der Waals surface area contributed by atoms with Gasteiger partial charge in [-0.3, -0.25) is 4.79 Å². The predicted octanol–water partition coefficient (Wildman–Crippen LogP) is 5.01. The molecule has 0 spiro atoms. The molecule has 0 aliphatic heterocycles. The van der Waals surface area contributed by atoms with Crippen LogP contribution in [0.25, 0.3) is 0 Å². The summed E-state index contributed by atoms with van der Waals surface area (Å²) in [6.45, 7) is 0.559. The van der Waals surface area contributed by atoms with Crippen LogP contribution >= 0.6 is 12.2 Å². The Bertz CT molecular complexity index is 966. The van der Waals surface area contributed by atoms with Gasteiger partial charge in [-0.2, -0.15) is 0 Å². The molecule has 1 atom stereocenters.